The lowest BCUT2D eigenvalue weighted by Gasteiger charge is -2.32. The van der Waals surface area contributed by atoms with Crippen LogP contribution in [0.1, 0.15) is 47.0 Å². The van der Waals surface area contributed by atoms with Gasteiger partial charge in [-0.3, -0.25) is 14.5 Å². The van der Waals surface area contributed by atoms with Gasteiger partial charge in [-0.1, -0.05) is 0 Å². The average Bonchev–Trinajstić information content (AvgIpc) is 2.76. The van der Waals surface area contributed by atoms with Crippen LogP contribution in [0.5, 0.6) is 0 Å². The number of Topliss-reactive ketones (excluding diaryl/α,β-unsaturated/α-hetero) is 1. The summed E-state index contributed by atoms with van der Waals surface area (Å²) in [6, 6.07) is 0.161. The van der Waals surface area contributed by atoms with Crippen LogP contribution >= 0.6 is 0 Å². The van der Waals surface area contributed by atoms with Crippen molar-refractivity contribution < 1.29 is 9.59 Å². The Morgan fingerprint density at radius 1 is 1.33 bits per heavy atom. The SMILES string of the molecule is CCN(CC)C(=O)C(C)N1CCCC1CC(C)=O. The Bertz CT molecular complexity index is 300. The lowest BCUT2D eigenvalue weighted by atomic mass is 10.1. The smallest absolute Gasteiger partial charge is 0.239 e. The van der Waals surface area contributed by atoms with Crippen LogP contribution in [0.4, 0.5) is 0 Å². The summed E-state index contributed by atoms with van der Waals surface area (Å²) in [5.74, 6) is 0.407. The molecule has 1 fully saturated rings. The first-order valence-electron chi connectivity index (χ1n) is 7.05. The molecule has 4 heteroatoms. The fourth-order valence-corrected chi connectivity index (χ4v) is 2.86. The molecule has 4 nitrogen and oxygen atoms in total. The van der Waals surface area contributed by atoms with Gasteiger partial charge >= 0.3 is 0 Å². The summed E-state index contributed by atoms with van der Waals surface area (Å²) in [6.45, 7) is 10.1. The number of amides is 1. The van der Waals surface area contributed by atoms with Crippen LogP contribution < -0.4 is 0 Å². The third-order valence-electron chi connectivity index (χ3n) is 3.88. The highest BCUT2D eigenvalue weighted by atomic mass is 16.2. The number of carbonyl (C=O) groups excluding carboxylic acids is 2. The van der Waals surface area contributed by atoms with E-state index in [2.05, 4.69) is 4.90 Å². The van der Waals surface area contributed by atoms with Crippen LogP contribution in [0.25, 0.3) is 0 Å². The molecule has 0 spiro atoms. The maximum absolute atomic E-state index is 12.3. The predicted octanol–water partition coefficient (Wildman–Crippen LogP) is 1.69. The molecule has 1 saturated heterocycles. The molecule has 2 unspecified atom stereocenters. The molecule has 0 radical (unpaired) electrons. The Hall–Kier alpha value is -0.900. The highest BCUT2D eigenvalue weighted by Gasteiger charge is 2.33. The molecule has 2 atom stereocenters. The molecule has 0 bridgehead atoms. The summed E-state index contributed by atoms with van der Waals surface area (Å²) >= 11 is 0. The minimum Gasteiger partial charge on any atom is -0.342 e. The Morgan fingerprint density at radius 2 is 1.94 bits per heavy atom. The molecule has 0 aromatic heterocycles. The third kappa shape index (κ3) is 3.55. The fraction of sp³-hybridized carbons (Fsp3) is 0.857. The molecule has 1 amide bonds. The summed E-state index contributed by atoms with van der Waals surface area (Å²) in [7, 11) is 0. The topological polar surface area (TPSA) is 40.6 Å². The quantitative estimate of drug-likeness (QED) is 0.724. The highest BCUT2D eigenvalue weighted by molar-refractivity contribution is 5.82. The van der Waals surface area contributed by atoms with Crippen molar-refractivity contribution in [1.82, 2.24) is 9.80 Å². The second kappa shape index (κ2) is 6.88. The van der Waals surface area contributed by atoms with Gasteiger partial charge in [-0.25, -0.2) is 0 Å². The zero-order valence-electron chi connectivity index (χ0n) is 12.1. The summed E-state index contributed by atoms with van der Waals surface area (Å²) in [5.41, 5.74) is 0. The molecule has 0 aliphatic carbocycles. The first-order chi connectivity index (χ1) is 8.51. The van der Waals surface area contributed by atoms with Gasteiger partial charge in [-0.2, -0.15) is 0 Å². The van der Waals surface area contributed by atoms with Crippen molar-refractivity contribution in [1.29, 1.82) is 0 Å². The first-order valence-corrected chi connectivity index (χ1v) is 7.05. The zero-order chi connectivity index (χ0) is 13.7. The van der Waals surface area contributed by atoms with Crippen LogP contribution in [-0.2, 0) is 9.59 Å². The van der Waals surface area contributed by atoms with E-state index in [1.165, 1.54) is 0 Å². The molecule has 0 N–H and O–H groups in total. The monoisotopic (exact) mass is 254 g/mol. The van der Waals surface area contributed by atoms with E-state index in [1.54, 1.807) is 6.92 Å². The van der Waals surface area contributed by atoms with Gasteiger partial charge in [0.15, 0.2) is 0 Å². The van der Waals surface area contributed by atoms with E-state index in [-0.39, 0.29) is 23.8 Å². The molecular weight excluding hydrogens is 228 g/mol. The van der Waals surface area contributed by atoms with Gasteiger partial charge in [0.05, 0.1) is 6.04 Å². The fourth-order valence-electron chi connectivity index (χ4n) is 2.86. The number of nitrogens with zero attached hydrogens (tertiary/aromatic N) is 2. The minimum absolute atomic E-state index is 0.100. The summed E-state index contributed by atoms with van der Waals surface area (Å²) in [6.07, 6.45) is 2.71. The van der Waals surface area contributed by atoms with Crippen molar-refractivity contribution >= 4 is 11.7 Å². The van der Waals surface area contributed by atoms with E-state index >= 15 is 0 Å². The van der Waals surface area contributed by atoms with E-state index in [0.29, 0.717) is 6.42 Å². The van der Waals surface area contributed by atoms with E-state index in [0.717, 1.165) is 32.5 Å². The normalized spacial score (nSPS) is 21.9. The lowest BCUT2D eigenvalue weighted by Crippen LogP contribution is -2.49. The van der Waals surface area contributed by atoms with Gasteiger partial charge in [-0.05, 0) is 47.1 Å². The van der Waals surface area contributed by atoms with Crippen molar-refractivity contribution in [2.24, 2.45) is 0 Å². The molecule has 0 aromatic carbocycles. The first kappa shape index (κ1) is 15.2. The molecule has 18 heavy (non-hydrogen) atoms. The van der Waals surface area contributed by atoms with Crippen LogP contribution in [0, 0.1) is 0 Å². The van der Waals surface area contributed by atoms with Crippen molar-refractivity contribution in [2.75, 3.05) is 19.6 Å². The molecule has 1 heterocycles. The second-order valence-corrected chi connectivity index (χ2v) is 5.13. The van der Waals surface area contributed by atoms with E-state index < -0.39 is 0 Å². The van der Waals surface area contributed by atoms with Crippen molar-refractivity contribution in [3.8, 4) is 0 Å². The van der Waals surface area contributed by atoms with E-state index in [4.69, 9.17) is 0 Å². The molecule has 0 aromatic rings. The number of hydrogen-bond acceptors (Lipinski definition) is 3. The predicted molar refractivity (Wildman–Crippen MR) is 72.4 cm³/mol. The van der Waals surface area contributed by atoms with Gasteiger partial charge in [0.1, 0.15) is 5.78 Å². The van der Waals surface area contributed by atoms with Gasteiger partial charge in [0, 0.05) is 25.6 Å². The largest absolute Gasteiger partial charge is 0.342 e. The molecule has 1 aliphatic heterocycles. The summed E-state index contributed by atoms with van der Waals surface area (Å²) in [5, 5.41) is 0. The molecule has 0 saturated carbocycles. The Balaban J connectivity index is 2.66. The Morgan fingerprint density at radius 3 is 2.44 bits per heavy atom. The number of carbonyl (C=O) groups is 2. The number of ketones is 1. The van der Waals surface area contributed by atoms with Crippen LogP contribution in [0.15, 0.2) is 0 Å². The van der Waals surface area contributed by atoms with Gasteiger partial charge in [0.2, 0.25) is 5.91 Å². The highest BCUT2D eigenvalue weighted by Crippen LogP contribution is 2.23. The van der Waals surface area contributed by atoms with Crippen molar-refractivity contribution in [3.05, 3.63) is 0 Å². The molecule has 1 rings (SSSR count). The van der Waals surface area contributed by atoms with Crippen molar-refractivity contribution in [3.63, 3.8) is 0 Å². The maximum atomic E-state index is 12.3. The maximum Gasteiger partial charge on any atom is 0.239 e. The average molecular weight is 254 g/mol. The molecule has 1 aliphatic rings. The van der Waals surface area contributed by atoms with E-state index in [1.807, 2.05) is 25.7 Å². The van der Waals surface area contributed by atoms with E-state index in [9.17, 15) is 9.59 Å². The van der Waals surface area contributed by atoms with Crippen LogP contribution in [0.2, 0.25) is 0 Å². The second-order valence-electron chi connectivity index (χ2n) is 5.13. The molecule has 104 valence electrons. The standard InChI is InChI=1S/C14H26N2O2/c1-5-15(6-2)14(18)12(4)16-9-7-8-13(16)10-11(3)17/h12-13H,5-10H2,1-4H3. The summed E-state index contributed by atoms with van der Waals surface area (Å²) in [4.78, 5) is 27.7. The summed E-state index contributed by atoms with van der Waals surface area (Å²) < 4.78 is 0. The Labute approximate surface area is 110 Å². The van der Waals surface area contributed by atoms with Crippen LogP contribution in [-0.4, -0.2) is 53.2 Å². The lowest BCUT2D eigenvalue weighted by molar-refractivity contribution is -0.137. The van der Waals surface area contributed by atoms with Gasteiger partial charge < -0.3 is 4.90 Å². The number of likely N-dealkylation sites (N-methyl/N-ethyl adjacent to an activating group) is 1. The minimum atomic E-state index is -0.100. The molecular formula is C14H26N2O2. The third-order valence-corrected chi connectivity index (χ3v) is 3.88. The number of likely N-dealkylation sites (tertiary alicyclic amines) is 1. The number of hydrogen-bond donors (Lipinski definition) is 0. The van der Waals surface area contributed by atoms with Crippen molar-refractivity contribution in [2.45, 2.75) is 59.0 Å². The zero-order valence-corrected chi connectivity index (χ0v) is 12.1. The van der Waals surface area contributed by atoms with Gasteiger partial charge in [0.25, 0.3) is 0 Å². The Kier molecular flexibility index (Phi) is 5.79. The van der Waals surface area contributed by atoms with Gasteiger partial charge in [-0.15, -0.1) is 0 Å². The van der Waals surface area contributed by atoms with Crippen LogP contribution in [0.3, 0.4) is 0 Å². The number of rotatable bonds is 6.